The van der Waals surface area contributed by atoms with Crippen molar-refractivity contribution in [1.29, 1.82) is 0 Å². The average Bonchev–Trinajstić information content (AvgIpc) is 2.67. The van der Waals surface area contributed by atoms with E-state index in [1.54, 1.807) is 0 Å². The van der Waals surface area contributed by atoms with Crippen LogP contribution >= 0.6 is 11.6 Å². The molecule has 0 radical (unpaired) electrons. The van der Waals surface area contributed by atoms with E-state index in [-0.39, 0.29) is 62.5 Å². The number of halogens is 1. The zero-order valence-corrected chi connectivity index (χ0v) is 18.5. The molecule has 0 aromatic heterocycles. The van der Waals surface area contributed by atoms with Crippen LogP contribution in [0.4, 0.5) is 0 Å². The van der Waals surface area contributed by atoms with Crippen LogP contribution in [-0.4, -0.2) is 65.7 Å². The van der Waals surface area contributed by atoms with Gasteiger partial charge >= 0.3 is 17.9 Å². The number of carbonyl (C=O) groups excluding carboxylic acids is 6. The standard InChI is InChI=1S/C20H27ClO10/c1-11(22)4-7-15(25)29-14-10-28-20(21)19(31-17(27)9-6-13(3)24)18(14)30-16(26)8-5-12(2)23/h14,18-20H,4-10H2,1-3H3/t14-,18+,19-,20+/m1/s1. The quantitative estimate of drug-likeness (QED) is 0.237. The number of carbonyl (C=O) groups is 6. The minimum absolute atomic E-state index is 0.0307. The van der Waals surface area contributed by atoms with E-state index in [9.17, 15) is 28.8 Å². The lowest BCUT2D eigenvalue weighted by atomic mass is 10.1. The van der Waals surface area contributed by atoms with Crippen LogP contribution in [0.5, 0.6) is 0 Å². The first-order chi connectivity index (χ1) is 14.5. The average molecular weight is 463 g/mol. The summed E-state index contributed by atoms with van der Waals surface area (Å²) in [6.07, 6.45) is -4.54. The van der Waals surface area contributed by atoms with Gasteiger partial charge in [0.1, 0.15) is 17.3 Å². The topological polar surface area (TPSA) is 139 Å². The van der Waals surface area contributed by atoms with E-state index in [1.807, 2.05) is 0 Å². The van der Waals surface area contributed by atoms with E-state index in [4.69, 9.17) is 30.5 Å². The molecule has 0 spiro atoms. The summed E-state index contributed by atoms with van der Waals surface area (Å²) in [4.78, 5) is 69.6. The molecule has 4 atom stereocenters. The van der Waals surface area contributed by atoms with Gasteiger partial charge < -0.3 is 33.3 Å². The van der Waals surface area contributed by atoms with Crippen molar-refractivity contribution in [3.8, 4) is 0 Å². The van der Waals surface area contributed by atoms with E-state index in [2.05, 4.69) is 0 Å². The lowest BCUT2D eigenvalue weighted by Gasteiger charge is -2.38. The van der Waals surface area contributed by atoms with Crippen molar-refractivity contribution >= 4 is 46.9 Å². The van der Waals surface area contributed by atoms with Crippen LogP contribution in [0, 0.1) is 0 Å². The van der Waals surface area contributed by atoms with Gasteiger partial charge in [0.15, 0.2) is 23.9 Å². The molecule has 0 N–H and O–H groups in total. The summed E-state index contributed by atoms with van der Waals surface area (Å²) in [5, 5.41) is 0. The van der Waals surface area contributed by atoms with Gasteiger partial charge in [-0.15, -0.1) is 0 Å². The molecule has 174 valence electrons. The van der Waals surface area contributed by atoms with Gasteiger partial charge in [-0.25, -0.2) is 0 Å². The van der Waals surface area contributed by atoms with Crippen LogP contribution in [0.1, 0.15) is 59.3 Å². The van der Waals surface area contributed by atoms with Crippen molar-refractivity contribution in [3.63, 3.8) is 0 Å². The maximum atomic E-state index is 12.2. The van der Waals surface area contributed by atoms with Gasteiger partial charge in [0.25, 0.3) is 0 Å². The number of hydrogen-bond donors (Lipinski definition) is 0. The first-order valence-electron chi connectivity index (χ1n) is 9.82. The minimum Gasteiger partial charge on any atom is -0.456 e. The zero-order valence-electron chi connectivity index (χ0n) is 17.7. The molecule has 11 heteroatoms. The van der Waals surface area contributed by atoms with Crippen molar-refractivity contribution < 1.29 is 47.7 Å². The minimum atomic E-state index is -1.32. The Morgan fingerprint density at radius 3 is 1.48 bits per heavy atom. The highest BCUT2D eigenvalue weighted by Gasteiger charge is 2.46. The summed E-state index contributed by atoms with van der Waals surface area (Å²) in [6, 6.07) is 0. The fourth-order valence-electron chi connectivity index (χ4n) is 2.59. The lowest BCUT2D eigenvalue weighted by molar-refractivity contribution is -0.217. The van der Waals surface area contributed by atoms with Gasteiger partial charge in [0.05, 0.1) is 25.9 Å². The molecule has 0 aliphatic carbocycles. The molecule has 0 saturated carbocycles. The number of hydrogen-bond acceptors (Lipinski definition) is 10. The Bertz CT molecular complexity index is 704. The third-order valence-electron chi connectivity index (χ3n) is 4.23. The molecule has 1 rings (SSSR count). The Hall–Kier alpha value is -2.33. The van der Waals surface area contributed by atoms with Gasteiger partial charge in [0.2, 0.25) is 0 Å². The number of ketones is 3. The molecule has 1 fully saturated rings. The molecule has 1 aliphatic heterocycles. The summed E-state index contributed by atoms with van der Waals surface area (Å²) in [5.74, 6) is -2.93. The normalized spacial score (nSPS) is 22.8. The van der Waals surface area contributed by atoms with Crippen LogP contribution in [0.15, 0.2) is 0 Å². The van der Waals surface area contributed by atoms with Crippen molar-refractivity contribution in [1.82, 2.24) is 0 Å². The van der Waals surface area contributed by atoms with Crippen LogP contribution in [0.3, 0.4) is 0 Å². The molecule has 0 unspecified atom stereocenters. The molecule has 1 saturated heterocycles. The van der Waals surface area contributed by atoms with Gasteiger partial charge in [-0.05, 0) is 20.8 Å². The van der Waals surface area contributed by atoms with E-state index in [1.165, 1.54) is 20.8 Å². The van der Waals surface area contributed by atoms with E-state index in [0.717, 1.165) is 0 Å². The number of esters is 3. The number of rotatable bonds is 12. The van der Waals surface area contributed by atoms with Gasteiger partial charge in [-0.1, -0.05) is 11.6 Å². The maximum absolute atomic E-state index is 12.2. The Kier molecular flexibility index (Phi) is 11.3. The molecule has 0 bridgehead atoms. The summed E-state index contributed by atoms with van der Waals surface area (Å²) in [7, 11) is 0. The van der Waals surface area contributed by atoms with Crippen LogP contribution < -0.4 is 0 Å². The number of ether oxygens (including phenoxy) is 4. The predicted molar refractivity (Wildman–Crippen MR) is 105 cm³/mol. The van der Waals surface area contributed by atoms with Crippen molar-refractivity contribution in [2.75, 3.05) is 6.61 Å². The van der Waals surface area contributed by atoms with Crippen LogP contribution in [0.2, 0.25) is 0 Å². The first-order valence-corrected chi connectivity index (χ1v) is 10.3. The van der Waals surface area contributed by atoms with E-state index in [0.29, 0.717) is 0 Å². The zero-order chi connectivity index (χ0) is 23.6. The Morgan fingerprint density at radius 2 is 1.06 bits per heavy atom. The summed E-state index contributed by atoms with van der Waals surface area (Å²) >= 11 is 6.10. The largest absolute Gasteiger partial charge is 0.456 e. The lowest BCUT2D eigenvalue weighted by Crippen LogP contribution is -2.56. The fourth-order valence-corrected chi connectivity index (χ4v) is 2.85. The highest BCUT2D eigenvalue weighted by atomic mass is 35.5. The van der Waals surface area contributed by atoms with Gasteiger partial charge in [0, 0.05) is 19.3 Å². The molecule has 31 heavy (non-hydrogen) atoms. The van der Waals surface area contributed by atoms with Crippen molar-refractivity contribution in [2.45, 2.75) is 83.2 Å². The monoisotopic (exact) mass is 462 g/mol. The van der Waals surface area contributed by atoms with Crippen LogP contribution in [0.25, 0.3) is 0 Å². The second-order valence-corrected chi connectivity index (χ2v) is 7.66. The second-order valence-electron chi connectivity index (χ2n) is 7.23. The molecule has 0 aromatic rings. The number of alkyl halides is 1. The highest BCUT2D eigenvalue weighted by molar-refractivity contribution is 6.20. The second kappa shape index (κ2) is 13.2. The number of Topliss-reactive ketones (excluding diaryl/α,β-unsaturated/α-hetero) is 3. The third kappa shape index (κ3) is 10.5. The van der Waals surface area contributed by atoms with Crippen LogP contribution in [-0.2, 0) is 47.7 Å². The molecular weight excluding hydrogens is 436 g/mol. The molecule has 1 aliphatic rings. The summed E-state index contributed by atoms with van der Waals surface area (Å²) in [5.41, 5.74) is -1.21. The predicted octanol–water partition coefficient (Wildman–Crippen LogP) is 1.42. The SMILES string of the molecule is CC(=O)CCC(=O)O[C@@H]1[C@@H](OC(=O)CCC(C)=O)[C@H](OC(=O)CCC(C)=O)CO[C@@H]1Cl. The molecule has 0 aromatic carbocycles. The van der Waals surface area contributed by atoms with Gasteiger partial charge in [-0.3, -0.25) is 14.4 Å². The first kappa shape index (κ1) is 26.7. The summed E-state index contributed by atoms with van der Waals surface area (Å²) in [6.45, 7) is 3.71. The molecular formula is C20H27ClO10. The Balaban J connectivity index is 2.94. The molecule has 0 amide bonds. The highest BCUT2D eigenvalue weighted by Crippen LogP contribution is 2.27. The summed E-state index contributed by atoms with van der Waals surface area (Å²) < 4.78 is 21.2. The fraction of sp³-hybridized carbons (Fsp3) is 0.700. The maximum Gasteiger partial charge on any atom is 0.306 e. The van der Waals surface area contributed by atoms with Crippen molar-refractivity contribution in [3.05, 3.63) is 0 Å². The molecule has 1 heterocycles. The van der Waals surface area contributed by atoms with Gasteiger partial charge in [-0.2, -0.15) is 0 Å². The Morgan fingerprint density at radius 1 is 0.677 bits per heavy atom. The Labute approximate surface area is 184 Å². The van der Waals surface area contributed by atoms with E-state index >= 15 is 0 Å². The van der Waals surface area contributed by atoms with Crippen molar-refractivity contribution in [2.24, 2.45) is 0 Å². The third-order valence-corrected chi connectivity index (χ3v) is 4.60. The van der Waals surface area contributed by atoms with E-state index < -0.39 is 41.8 Å². The molecule has 10 nitrogen and oxygen atoms in total. The smallest absolute Gasteiger partial charge is 0.306 e.